The summed E-state index contributed by atoms with van der Waals surface area (Å²) in [5.74, 6) is 0. The third kappa shape index (κ3) is 14.8. The highest BCUT2D eigenvalue weighted by atomic mass is 32.3. The number of alkyl halides is 6. The SMILES string of the molecule is CCCCCCCCCCCCCCN1C=CN(C)C1.O=S(=O)(NS(=O)(=O)C(F)(F)F)C(F)(F)F. The summed E-state index contributed by atoms with van der Waals surface area (Å²) in [6.07, 6.45) is 21.6. The first-order valence-corrected chi connectivity index (χ1v) is 14.5. The molecule has 1 heterocycles. The second-order valence-electron chi connectivity index (χ2n) is 8.38. The first-order valence-electron chi connectivity index (χ1n) is 11.6. The highest BCUT2D eigenvalue weighted by Gasteiger charge is 2.55. The molecule has 0 radical (unpaired) electrons. The molecule has 0 aromatic heterocycles. The molecule has 1 N–H and O–H groups in total. The molecular weight excluding hydrogens is 524 g/mol. The van der Waals surface area contributed by atoms with E-state index >= 15 is 0 Å². The molecule has 0 spiro atoms. The van der Waals surface area contributed by atoms with Crippen molar-refractivity contribution in [2.45, 2.75) is 95.0 Å². The minimum absolute atomic E-state index is 0.493. The molecule has 15 heteroatoms. The zero-order valence-corrected chi connectivity index (χ0v) is 21.8. The summed E-state index contributed by atoms with van der Waals surface area (Å²) >= 11 is 0. The Labute approximate surface area is 205 Å². The maximum Gasteiger partial charge on any atom is 0.512 e. The van der Waals surface area contributed by atoms with E-state index in [9.17, 15) is 43.2 Å². The van der Waals surface area contributed by atoms with Crippen LogP contribution in [0.2, 0.25) is 0 Å². The van der Waals surface area contributed by atoms with Crippen LogP contribution in [-0.2, 0) is 20.0 Å². The van der Waals surface area contributed by atoms with Gasteiger partial charge in [0.25, 0.3) is 0 Å². The summed E-state index contributed by atoms with van der Waals surface area (Å²) < 4.78 is 108. The van der Waals surface area contributed by atoms with Gasteiger partial charge in [0.05, 0.1) is 6.67 Å². The van der Waals surface area contributed by atoms with E-state index in [1.807, 2.05) is 0 Å². The third-order valence-corrected chi connectivity index (χ3v) is 8.04. The van der Waals surface area contributed by atoms with Gasteiger partial charge in [0, 0.05) is 26.0 Å². The van der Waals surface area contributed by atoms with Crippen LogP contribution in [0.5, 0.6) is 0 Å². The fraction of sp³-hybridized carbons (Fsp3) is 0.900. The first kappa shape index (κ1) is 33.8. The van der Waals surface area contributed by atoms with Crippen molar-refractivity contribution in [2.24, 2.45) is 0 Å². The average Bonchev–Trinajstić information content (AvgIpc) is 3.12. The second-order valence-corrected chi connectivity index (χ2v) is 12.0. The van der Waals surface area contributed by atoms with Crippen molar-refractivity contribution < 1.29 is 43.2 Å². The molecule has 0 fully saturated rings. The van der Waals surface area contributed by atoms with Crippen LogP contribution in [0, 0.1) is 0 Å². The number of halogens is 6. The van der Waals surface area contributed by atoms with Gasteiger partial charge in [0.1, 0.15) is 0 Å². The summed E-state index contributed by atoms with van der Waals surface area (Å²) in [4.78, 5) is 4.65. The van der Waals surface area contributed by atoms with Crippen molar-refractivity contribution in [1.82, 2.24) is 13.9 Å². The Morgan fingerprint density at radius 1 is 0.686 bits per heavy atom. The number of rotatable bonds is 15. The van der Waals surface area contributed by atoms with Gasteiger partial charge in [-0.3, -0.25) is 0 Å². The van der Waals surface area contributed by atoms with Gasteiger partial charge in [-0.1, -0.05) is 81.7 Å². The summed E-state index contributed by atoms with van der Waals surface area (Å²) in [6.45, 7) is 4.61. The van der Waals surface area contributed by atoms with Gasteiger partial charge in [0.15, 0.2) is 0 Å². The zero-order chi connectivity index (χ0) is 27.2. The Kier molecular flexibility index (Phi) is 15.2. The van der Waals surface area contributed by atoms with Crippen LogP contribution in [0.15, 0.2) is 12.4 Å². The fourth-order valence-corrected chi connectivity index (χ4v) is 5.04. The Morgan fingerprint density at radius 2 is 1.06 bits per heavy atom. The lowest BCUT2D eigenvalue weighted by molar-refractivity contribution is -0.0476. The van der Waals surface area contributed by atoms with Crippen molar-refractivity contribution >= 4 is 20.0 Å². The molecule has 0 bridgehead atoms. The standard InChI is InChI=1S/C18H36N2.C2HF6NO4S2/c1-3-4-5-6-7-8-9-10-11-12-13-14-15-20-17-16-19(2)18-20;3-1(4,5)14(10,11)9-15(12,13)2(6,7)8/h16-17H,3-15,18H2,1-2H3;9H. The lowest BCUT2D eigenvalue weighted by Gasteiger charge is -2.17. The Balaban J connectivity index is 0.000000691. The molecule has 0 saturated heterocycles. The summed E-state index contributed by atoms with van der Waals surface area (Å²) in [5.41, 5.74) is -12.3. The minimum Gasteiger partial charge on any atom is -0.362 e. The van der Waals surface area contributed by atoms with Crippen molar-refractivity contribution in [1.29, 1.82) is 0 Å². The number of sulfonamides is 2. The summed E-state index contributed by atoms with van der Waals surface area (Å²) in [5, 5.41) is 0. The topological polar surface area (TPSA) is 86.8 Å². The molecular formula is C20H37F6N3O4S2. The molecule has 0 aromatic rings. The third-order valence-electron chi connectivity index (χ3n) is 5.06. The van der Waals surface area contributed by atoms with E-state index in [1.165, 1.54) is 83.6 Å². The van der Waals surface area contributed by atoms with E-state index in [-0.39, 0.29) is 0 Å². The van der Waals surface area contributed by atoms with Crippen LogP contribution in [0.1, 0.15) is 84.0 Å². The van der Waals surface area contributed by atoms with Gasteiger partial charge in [0.2, 0.25) is 0 Å². The highest BCUT2D eigenvalue weighted by molar-refractivity contribution is 8.05. The summed E-state index contributed by atoms with van der Waals surface area (Å²) in [7, 11) is -11.1. The van der Waals surface area contributed by atoms with Crippen LogP contribution >= 0.6 is 0 Å². The van der Waals surface area contributed by atoms with Crippen LogP contribution in [0.25, 0.3) is 0 Å². The summed E-state index contributed by atoms with van der Waals surface area (Å²) in [6, 6.07) is 0. The van der Waals surface area contributed by atoms with Gasteiger partial charge in [-0.25, -0.2) is 16.8 Å². The first-order chi connectivity index (χ1) is 16.0. The van der Waals surface area contributed by atoms with E-state index in [1.54, 1.807) is 0 Å². The molecule has 0 aliphatic carbocycles. The molecule has 210 valence electrons. The van der Waals surface area contributed by atoms with Gasteiger partial charge >= 0.3 is 31.1 Å². The molecule has 0 amide bonds. The molecule has 1 aliphatic heterocycles. The number of nitrogens with zero attached hydrogens (tertiary/aromatic N) is 2. The van der Waals surface area contributed by atoms with Crippen molar-refractivity contribution in [3.05, 3.63) is 12.4 Å². The second kappa shape index (κ2) is 15.8. The van der Waals surface area contributed by atoms with E-state index in [0.717, 1.165) is 6.67 Å². The molecule has 0 saturated carbocycles. The van der Waals surface area contributed by atoms with E-state index in [4.69, 9.17) is 0 Å². The highest BCUT2D eigenvalue weighted by Crippen LogP contribution is 2.27. The quantitative estimate of drug-likeness (QED) is 0.206. The maximum atomic E-state index is 11.5. The van der Waals surface area contributed by atoms with Gasteiger partial charge in [-0.2, -0.15) is 26.3 Å². The molecule has 0 aromatic carbocycles. The molecule has 0 unspecified atom stereocenters. The largest absolute Gasteiger partial charge is 0.512 e. The van der Waals surface area contributed by atoms with Crippen molar-refractivity contribution in [2.75, 3.05) is 20.3 Å². The number of unbranched alkanes of at least 4 members (excludes halogenated alkanes) is 11. The predicted molar refractivity (Wildman–Crippen MR) is 123 cm³/mol. The van der Waals surface area contributed by atoms with Crippen LogP contribution in [0.3, 0.4) is 0 Å². The Hall–Kier alpha value is -1.22. The molecule has 1 aliphatic rings. The lowest BCUT2D eigenvalue weighted by atomic mass is 10.1. The average molecular weight is 562 g/mol. The van der Waals surface area contributed by atoms with Crippen molar-refractivity contribution in [3.63, 3.8) is 0 Å². The van der Waals surface area contributed by atoms with Crippen LogP contribution < -0.4 is 4.13 Å². The number of hydrogen-bond donors (Lipinski definition) is 1. The fourth-order valence-electron chi connectivity index (χ4n) is 3.13. The minimum atomic E-state index is -6.60. The molecule has 0 atom stereocenters. The number of nitrogens with one attached hydrogen (secondary N) is 1. The van der Waals surface area contributed by atoms with Crippen LogP contribution in [-0.4, -0.2) is 57.9 Å². The molecule has 35 heavy (non-hydrogen) atoms. The smallest absolute Gasteiger partial charge is 0.362 e. The van der Waals surface area contributed by atoms with E-state index in [0.29, 0.717) is 0 Å². The predicted octanol–water partition coefficient (Wildman–Crippen LogP) is 5.64. The maximum absolute atomic E-state index is 11.5. The van der Waals surface area contributed by atoms with Crippen LogP contribution in [0.4, 0.5) is 26.3 Å². The normalized spacial score (nSPS) is 14.9. The molecule has 1 rings (SSSR count). The monoisotopic (exact) mass is 561 g/mol. The molecule has 7 nitrogen and oxygen atoms in total. The van der Waals surface area contributed by atoms with Gasteiger partial charge in [-0.05, 0) is 6.42 Å². The Morgan fingerprint density at radius 3 is 1.37 bits per heavy atom. The van der Waals surface area contributed by atoms with Gasteiger partial charge in [-0.15, -0.1) is 0 Å². The van der Waals surface area contributed by atoms with E-state index in [2.05, 4.69) is 36.2 Å². The lowest BCUT2D eigenvalue weighted by Crippen LogP contribution is -2.45. The van der Waals surface area contributed by atoms with E-state index < -0.39 is 35.2 Å². The van der Waals surface area contributed by atoms with Gasteiger partial charge < -0.3 is 9.80 Å². The zero-order valence-electron chi connectivity index (χ0n) is 20.2. The number of hydrogen-bond acceptors (Lipinski definition) is 6. The Bertz CT molecular complexity index is 774. The van der Waals surface area contributed by atoms with Crippen molar-refractivity contribution in [3.8, 4) is 0 Å².